The average Bonchev–Trinajstić information content (AvgIpc) is 3.64. The lowest BCUT2D eigenvalue weighted by Gasteiger charge is -2.09. The predicted octanol–water partition coefficient (Wildman–Crippen LogP) is 10.5. The number of aromatic nitrogens is 3. The zero-order valence-corrected chi connectivity index (χ0v) is 23.7. The van der Waals surface area contributed by atoms with Crippen LogP contribution >= 0.6 is 0 Å². The Morgan fingerprint density at radius 3 is 1.73 bits per heavy atom. The second-order valence-corrected chi connectivity index (χ2v) is 11.0. The van der Waals surface area contributed by atoms with Crippen molar-refractivity contribution in [3.05, 3.63) is 152 Å². The summed E-state index contributed by atoms with van der Waals surface area (Å²) in [5, 5.41) is 3.49. The third kappa shape index (κ3) is 3.85. The van der Waals surface area contributed by atoms with Crippen LogP contribution in [0.2, 0.25) is 0 Å². The van der Waals surface area contributed by atoms with Crippen molar-refractivity contribution >= 4 is 43.9 Å². The first-order valence-corrected chi connectivity index (χ1v) is 14.8. The fourth-order valence-corrected chi connectivity index (χ4v) is 6.33. The molecule has 0 atom stereocenters. The van der Waals surface area contributed by atoms with Crippen molar-refractivity contribution in [3.63, 3.8) is 0 Å². The fourth-order valence-electron chi connectivity index (χ4n) is 6.33. The van der Waals surface area contributed by atoms with Gasteiger partial charge in [0.25, 0.3) is 0 Å². The van der Waals surface area contributed by atoms with Crippen LogP contribution in [0.25, 0.3) is 83.3 Å². The average molecular weight is 564 g/mol. The quantitative estimate of drug-likeness (QED) is 0.214. The van der Waals surface area contributed by atoms with E-state index in [0.717, 1.165) is 50.1 Å². The lowest BCUT2D eigenvalue weighted by atomic mass is 10.0. The summed E-state index contributed by atoms with van der Waals surface area (Å²) in [5.41, 5.74) is 10.8. The molecule has 9 rings (SSSR count). The minimum atomic E-state index is 0.685. The number of furan rings is 1. The highest BCUT2D eigenvalue weighted by atomic mass is 16.3. The van der Waals surface area contributed by atoms with Crippen molar-refractivity contribution in [3.8, 4) is 39.5 Å². The number of hydrogen-bond donors (Lipinski definition) is 0. The number of para-hydroxylation sites is 2. The Hall–Kier alpha value is -6.00. The molecule has 9 aromatic rings. The minimum absolute atomic E-state index is 0.685. The second-order valence-electron chi connectivity index (χ2n) is 11.0. The molecule has 0 aliphatic carbocycles. The maximum Gasteiger partial charge on any atom is 0.180 e. The highest BCUT2D eigenvalue weighted by Crippen LogP contribution is 2.38. The molecule has 0 N–H and O–H groups in total. The van der Waals surface area contributed by atoms with Gasteiger partial charge in [0.05, 0.1) is 11.0 Å². The Morgan fingerprint density at radius 1 is 0.455 bits per heavy atom. The number of rotatable bonds is 4. The summed E-state index contributed by atoms with van der Waals surface area (Å²) < 4.78 is 8.88. The topological polar surface area (TPSA) is 43.9 Å². The molecule has 0 radical (unpaired) electrons. The highest BCUT2D eigenvalue weighted by molar-refractivity contribution is 6.10. The van der Waals surface area contributed by atoms with Gasteiger partial charge < -0.3 is 8.98 Å². The van der Waals surface area contributed by atoms with Gasteiger partial charge in [-0.1, -0.05) is 115 Å². The van der Waals surface area contributed by atoms with Crippen molar-refractivity contribution in [1.82, 2.24) is 14.5 Å². The third-order valence-corrected chi connectivity index (χ3v) is 8.43. The number of benzene rings is 6. The summed E-state index contributed by atoms with van der Waals surface area (Å²) in [6.45, 7) is 0. The monoisotopic (exact) mass is 563 g/mol. The van der Waals surface area contributed by atoms with E-state index in [9.17, 15) is 0 Å². The van der Waals surface area contributed by atoms with Crippen LogP contribution in [-0.2, 0) is 0 Å². The molecule has 3 heterocycles. The summed E-state index contributed by atoms with van der Waals surface area (Å²) in [6, 6.07) is 52.6. The molecular weight excluding hydrogens is 538 g/mol. The van der Waals surface area contributed by atoms with Crippen LogP contribution in [0.3, 0.4) is 0 Å². The van der Waals surface area contributed by atoms with Crippen molar-refractivity contribution in [2.24, 2.45) is 0 Å². The van der Waals surface area contributed by atoms with Gasteiger partial charge in [-0.3, -0.25) is 0 Å². The van der Waals surface area contributed by atoms with Gasteiger partial charge in [-0.25, -0.2) is 9.97 Å². The van der Waals surface area contributed by atoms with Crippen LogP contribution in [0.1, 0.15) is 0 Å². The molecule has 0 bridgehead atoms. The Morgan fingerprint density at radius 2 is 1.05 bits per heavy atom. The Kier molecular flexibility index (Phi) is 5.47. The second kappa shape index (κ2) is 9.79. The van der Waals surface area contributed by atoms with Crippen molar-refractivity contribution in [2.45, 2.75) is 0 Å². The van der Waals surface area contributed by atoms with E-state index in [2.05, 4.69) is 108 Å². The lowest BCUT2D eigenvalue weighted by Crippen LogP contribution is -1.93. The third-order valence-electron chi connectivity index (χ3n) is 8.43. The first-order chi connectivity index (χ1) is 21.8. The minimum Gasteiger partial charge on any atom is -0.452 e. The van der Waals surface area contributed by atoms with Gasteiger partial charge in [-0.05, 0) is 47.5 Å². The molecule has 0 aliphatic rings. The first-order valence-electron chi connectivity index (χ1n) is 14.8. The molecule has 0 aliphatic heterocycles. The molecule has 0 spiro atoms. The molecule has 3 aromatic heterocycles. The van der Waals surface area contributed by atoms with E-state index in [1.165, 1.54) is 21.8 Å². The van der Waals surface area contributed by atoms with Gasteiger partial charge in [0.1, 0.15) is 16.8 Å². The number of hydrogen-bond acceptors (Lipinski definition) is 3. The molecule has 0 saturated carbocycles. The van der Waals surface area contributed by atoms with Gasteiger partial charge in [0.15, 0.2) is 11.4 Å². The Bertz CT molecular complexity index is 2420. The molecule has 4 heteroatoms. The van der Waals surface area contributed by atoms with E-state index in [-0.39, 0.29) is 0 Å². The van der Waals surface area contributed by atoms with E-state index < -0.39 is 0 Å². The van der Waals surface area contributed by atoms with E-state index >= 15 is 0 Å². The standard InChI is InChI=1S/C40H25N3O/c1-3-11-27(12-4-1)37-39-38(42-40(41-37)28-13-5-2-6-14-28)33-24-21-29(25-36(33)44-39)26-19-22-30(23-20-26)43-34-17-9-7-15-31(34)32-16-8-10-18-35(32)43/h1-25H. The van der Waals surface area contributed by atoms with Gasteiger partial charge in [-0.15, -0.1) is 0 Å². The lowest BCUT2D eigenvalue weighted by molar-refractivity contribution is 0.667. The van der Waals surface area contributed by atoms with Crippen molar-refractivity contribution in [1.29, 1.82) is 0 Å². The summed E-state index contributed by atoms with van der Waals surface area (Å²) in [6.07, 6.45) is 0. The number of fused-ring (bicyclic) bond motifs is 6. The van der Waals surface area contributed by atoms with Gasteiger partial charge in [-0.2, -0.15) is 0 Å². The van der Waals surface area contributed by atoms with Crippen LogP contribution in [0.4, 0.5) is 0 Å². The summed E-state index contributed by atoms with van der Waals surface area (Å²) in [4.78, 5) is 9.99. The van der Waals surface area contributed by atoms with Gasteiger partial charge in [0, 0.05) is 33.0 Å². The van der Waals surface area contributed by atoms with E-state index in [1.54, 1.807) is 0 Å². The zero-order valence-electron chi connectivity index (χ0n) is 23.7. The SMILES string of the molecule is c1ccc(-c2nc(-c3ccccc3)c3oc4cc(-c5ccc(-n6c7ccccc7c7ccccc76)cc5)ccc4c3n2)cc1. The fraction of sp³-hybridized carbons (Fsp3) is 0. The molecule has 0 fully saturated rings. The Labute approximate surface area is 253 Å². The molecular formula is C40H25N3O. The van der Waals surface area contributed by atoms with Crippen LogP contribution < -0.4 is 0 Å². The zero-order chi connectivity index (χ0) is 29.0. The van der Waals surface area contributed by atoms with Crippen LogP contribution in [-0.4, -0.2) is 14.5 Å². The van der Waals surface area contributed by atoms with Crippen LogP contribution in [0, 0.1) is 0 Å². The first kappa shape index (κ1) is 24.6. The molecule has 0 unspecified atom stereocenters. The van der Waals surface area contributed by atoms with E-state index in [0.29, 0.717) is 11.4 Å². The molecule has 44 heavy (non-hydrogen) atoms. The summed E-state index contributed by atoms with van der Waals surface area (Å²) in [7, 11) is 0. The molecule has 0 saturated heterocycles. The summed E-state index contributed by atoms with van der Waals surface area (Å²) in [5.74, 6) is 0.685. The maximum absolute atomic E-state index is 6.54. The number of nitrogens with zero attached hydrogens (tertiary/aromatic N) is 3. The van der Waals surface area contributed by atoms with Crippen molar-refractivity contribution < 1.29 is 4.42 Å². The van der Waals surface area contributed by atoms with E-state index in [4.69, 9.17) is 14.4 Å². The maximum atomic E-state index is 6.54. The molecule has 6 aromatic carbocycles. The van der Waals surface area contributed by atoms with Gasteiger partial charge in [0.2, 0.25) is 0 Å². The molecule has 0 amide bonds. The summed E-state index contributed by atoms with van der Waals surface area (Å²) >= 11 is 0. The van der Waals surface area contributed by atoms with Crippen molar-refractivity contribution in [2.75, 3.05) is 0 Å². The predicted molar refractivity (Wildman–Crippen MR) is 180 cm³/mol. The molecule has 206 valence electrons. The van der Waals surface area contributed by atoms with Crippen LogP contribution in [0.5, 0.6) is 0 Å². The highest BCUT2D eigenvalue weighted by Gasteiger charge is 2.19. The Balaban J connectivity index is 1.17. The largest absolute Gasteiger partial charge is 0.452 e. The normalized spacial score (nSPS) is 11.6. The van der Waals surface area contributed by atoms with Crippen LogP contribution in [0.15, 0.2) is 156 Å². The van der Waals surface area contributed by atoms with Gasteiger partial charge >= 0.3 is 0 Å². The molecule has 4 nitrogen and oxygen atoms in total. The van der Waals surface area contributed by atoms with E-state index in [1.807, 2.05) is 48.5 Å². The smallest absolute Gasteiger partial charge is 0.180 e.